The third kappa shape index (κ3) is 11.9. The number of anilines is 1. The first kappa shape index (κ1) is 54.1. The summed E-state index contributed by atoms with van der Waals surface area (Å²) in [5.74, 6) is -0.365. The lowest BCUT2D eigenvalue weighted by atomic mass is 9.49. The van der Waals surface area contributed by atoms with Crippen molar-refractivity contribution in [1.29, 1.82) is 5.26 Å². The Morgan fingerprint density at radius 1 is 1.00 bits per heavy atom. The summed E-state index contributed by atoms with van der Waals surface area (Å²) in [5, 5.41) is 39.7. The fourth-order valence-electron chi connectivity index (χ4n) is 10.7. The number of hydrogen-bond donors (Lipinski definition) is 5. The fourth-order valence-corrected chi connectivity index (χ4v) is 11.7. The average molecular weight is 1030 g/mol. The number of aliphatic hydroxyl groups is 2. The van der Waals surface area contributed by atoms with Gasteiger partial charge in [-0.1, -0.05) is 84.3 Å². The molecule has 1 saturated carbocycles. The van der Waals surface area contributed by atoms with E-state index in [2.05, 4.69) is 41.8 Å². The number of halogens is 1. The molecule has 1 aliphatic carbocycles. The molecule has 19 heteroatoms. The molecule has 2 aromatic carbocycles. The van der Waals surface area contributed by atoms with Crippen LogP contribution in [0, 0.1) is 34.5 Å². The largest absolute Gasteiger partial charge is 0.489 e. The highest BCUT2D eigenvalue weighted by molar-refractivity contribution is 7.13. The number of piperazine rings is 1. The molecule has 3 aliphatic rings. The van der Waals surface area contributed by atoms with E-state index in [9.17, 15) is 34.7 Å². The molecule has 0 spiro atoms. The van der Waals surface area contributed by atoms with Crippen molar-refractivity contribution in [3.05, 3.63) is 93.7 Å². The summed E-state index contributed by atoms with van der Waals surface area (Å²) in [4.78, 5) is 70.4. The van der Waals surface area contributed by atoms with Gasteiger partial charge in [-0.2, -0.15) is 5.26 Å². The molecule has 72 heavy (non-hydrogen) atoms. The zero-order chi connectivity index (χ0) is 52.3. The number of carbonyl (C=O) groups is 4. The van der Waals surface area contributed by atoms with E-state index in [0.29, 0.717) is 53.9 Å². The Morgan fingerprint density at radius 3 is 2.33 bits per heavy atom. The number of ether oxygens (including phenoxy) is 2. The van der Waals surface area contributed by atoms with Crippen LogP contribution in [-0.4, -0.2) is 143 Å². The molecule has 5 atom stereocenters. The van der Waals surface area contributed by atoms with E-state index in [0.717, 1.165) is 21.7 Å². The number of pyridine rings is 1. The third-order valence-corrected chi connectivity index (χ3v) is 15.7. The summed E-state index contributed by atoms with van der Waals surface area (Å²) in [5.41, 5.74) is 3.88. The minimum absolute atomic E-state index is 0.0408. The van der Waals surface area contributed by atoms with Crippen LogP contribution in [0.2, 0.25) is 5.02 Å². The Morgan fingerprint density at radius 2 is 1.72 bits per heavy atom. The van der Waals surface area contributed by atoms with Gasteiger partial charge in [0.2, 0.25) is 17.7 Å². The Labute approximate surface area is 431 Å². The van der Waals surface area contributed by atoms with Crippen LogP contribution in [0.25, 0.3) is 10.4 Å². The standard InChI is InChI=1S/C53H68ClN9O8S/c1-31(33-10-12-34(13-11-33)44-32(2)57-30-72-44)58-47(68)41-22-38(65)27-63(41)48(69)45(51(3,4)5)59-43(66)29-70-21-20-61-18-19-62(26-37(61)28-64)42-17-15-36(25-56-42)46(67)60-49-52(6,7)50(53(49,8)9)71-39-16-14-35(24-55)40(54)23-39/h10-17,23,25,30-31,37-38,41,45,49-50,64-65H,18-22,26-29H2,1-9H3,(H,58,68)(H,59,66)(H,60,67)/t31-,37-,38+,41?,45+,49-,50-/m0/s1. The predicted octanol–water partition coefficient (Wildman–Crippen LogP) is 5.52. The van der Waals surface area contributed by atoms with Gasteiger partial charge in [-0.05, 0) is 54.7 Å². The number of amides is 4. The summed E-state index contributed by atoms with van der Waals surface area (Å²) < 4.78 is 12.2. The first-order valence-corrected chi connectivity index (χ1v) is 25.7. The molecule has 2 saturated heterocycles. The van der Waals surface area contributed by atoms with Crippen LogP contribution in [0.15, 0.2) is 66.3 Å². The Hall–Kier alpha value is -5.68. The average Bonchev–Trinajstić information content (AvgIpc) is 3.97. The minimum atomic E-state index is -1.00. The molecule has 1 unspecified atom stereocenters. The molecule has 2 aromatic heterocycles. The molecule has 3 fully saturated rings. The van der Waals surface area contributed by atoms with Gasteiger partial charge in [-0.3, -0.25) is 24.1 Å². The van der Waals surface area contributed by atoms with Crippen molar-refractivity contribution < 1.29 is 38.9 Å². The third-order valence-electron chi connectivity index (χ3n) is 14.4. The number of nitrogens with one attached hydrogen (secondary N) is 3. The van der Waals surface area contributed by atoms with Crippen molar-refractivity contribution in [2.24, 2.45) is 16.2 Å². The number of nitrogens with zero attached hydrogens (tertiary/aromatic N) is 6. The number of carbonyl (C=O) groups excluding carboxylic acids is 4. The normalized spacial score (nSPS) is 22.5. The quantitative estimate of drug-likeness (QED) is 0.0824. The van der Waals surface area contributed by atoms with E-state index in [1.54, 1.807) is 41.8 Å². The van der Waals surface area contributed by atoms with Gasteiger partial charge in [0.05, 0.1) is 63.6 Å². The minimum Gasteiger partial charge on any atom is -0.489 e. The summed E-state index contributed by atoms with van der Waals surface area (Å²) in [6.07, 6.45) is 0.488. The number of aliphatic hydroxyl groups excluding tert-OH is 2. The number of likely N-dealkylation sites (tertiary alicyclic amines) is 1. The van der Waals surface area contributed by atoms with Crippen LogP contribution < -0.4 is 25.6 Å². The van der Waals surface area contributed by atoms with E-state index in [1.165, 1.54) is 4.90 Å². The fraction of sp³-hybridized carbons (Fsp3) is 0.528. The highest BCUT2D eigenvalue weighted by Crippen LogP contribution is 2.55. The predicted molar refractivity (Wildman–Crippen MR) is 275 cm³/mol. The second kappa shape index (κ2) is 22.2. The van der Waals surface area contributed by atoms with E-state index < -0.39 is 46.2 Å². The molecule has 0 radical (unpaired) electrons. The van der Waals surface area contributed by atoms with Crippen LogP contribution in [-0.2, 0) is 19.1 Å². The maximum Gasteiger partial charge on any atom is 0.253 e. The number of aromatic nitrogens is 2. The van der Waals surface area contributed by atoms with Crippen LogP contribution in [0.3, 0.4) is 0 Å². The van der Waals surface area contributed by atoms with E-state index in [-0.39, 0.29) is 68.8 Å². The van der Waals surface area contributed by atoms with Gasteiger partial charge in [-0.15, -0.1) is 11.3 Å². The number of benzene rings is 2. The lowest BCUT2D eigenvalue weighted by Gasteiger charge is -2.63. The van der Waals surface area contributed by atoms with Crippen molar-refractivity contribution in [3.63, 3.8) is 0 Å². The van der Waals surface area contributed by atoms with Gasteiger partial charge < -0.3 is 45.4 Å². The van der Waals surface area contributed by atoms with Crippen molar-refractivity contribution in [2.45, 2.75) is 111 Å². The highest BCUT2D eigenvalue weighted by atomic mass is 35.5. The second-order valence-electron chi connectivity index (χ2n) is 21.5. The first-order valence-electron chi connectivity index (χ1n) is 24.4. The number of nitriles is 1. The molecule has 2 aliphatic heterocycles. The Bertz CT molecular complexity index is 2620. The van der Waals surface area contributed by atoms with E-state index >= 15 is 0 Å². The number of β-amino-alcohol motifs (C(OH)–C–C–N with tert-alkyl or cyclic N) is 1. The molecule has 4 amide bonds. The van der Waals surface area contributed by atoms with Crippen LogP contribution in [0.4, 0.5) is 5.82 Å². The number of rotatable bonds is 17. The van der Waals surface area contributed by atoms with Crippen LogP contribution in [0.1, 0.15) is 95.0 Å². The van der Waals surface area contributed by atoms with E-state index in [4.69, 9.17) is 21.1 Å². The summed E-state index contributed by atoms with van der Waals surface area (Å²) in [6, 6.07) is 15.8. The number of hydrogen-bond acceptors (Lipinski definition) is 14. The topological polar surface area (TPSA) is 223 Å². The SMILES string of the molecule is Cc1ncsc1-c1ccc([C@H](C)NC(=O)C2C[C@@H](O)CN2C(=O)[C@@H](NC(=O)COCCN2CCN(c3ccc(C(=O)N[C@H]4C(C)(C)[C@H](Oc5ccc(C#N)c(Cl)c5)C4(C)C)cn3)C[C@H]2CO)C(C)(C)C)cc1. The number of thiazole rings is 1. The lowest BCUT2D eigenvalue weighted by molar-refractivity contribution is -0.164. The summed E-state index contributed by atoms with van der Waals surface area (Å²) in [7, 11) is 0. The number of aryl methyl sites for hydroxylation is 1. The van der Waals surface area contributed by atoms with Crippen molar-refractivity contribution in [3.8, 4) is 22.3 Å². The van der Waals surface area contributed by atoms with Gasteiger partial charge in [0.25, 0.3) is 5.91 Å². The molecule has 7 rings (SSSR count). The summed E-state index contributed by atoms with van der Waals surface area (Å²) in [6.45, 7) is 19.3. The molecule has 17 nitrogen and oxygen atoms in total. The second-order valence-corrected chi connectivity index (χ2v) is 22.7. The lowest BCUT2D eigenvalue weighted by Crippen LogP contribution is -2.74. The molecular formula is C53H68ClN9O8S. The maximum absolute atomic E-state index is 14.2. The first-order chi connectivity index (χ1) is 34.0. The van der Waals surface area contributed by atoms with Crippen molar-refractivity contribution in [2.75, 3.05) is 57.4 Å². The van der Waals surface area contributed by atoms with Crippen LogP contribution in [0.5, 0.6) is 5.75 Å². The highest BCUT2D eigenvalue weighted by Gasteiger charge is 2.64. The van der Waals surface area contributed by atoms with Crippen molar-refractivity contribution in [1.82, 2.24) is 35.7 Å². The monoisotopic (exact) mass is 1030 g/mol. The van der Waals surface area contributed by atoms with Gasteiger partial charge in [0.15, 0.2) is 0 Å². The van der Waals surface area contributed by atoms with Gasteiger partial charge in [0, 0.05) is 68.3 Å². The molecule has 4 aromatic rings. The molecular weight excluding hydrogens is 958 g/mol. The zero-order valence-electron chi connectivity index (χ0n) is 42.6. The maximum atomic E-state index is 14.2. The Kier molecular flexibility index (Phi) is 16.7. The Balaban J connectivity index is 0.859. The zero-order valence-corrected chi connectivity index (χ0v) is 44.1. The molecule has 386 valence electrons. The van der Waals surface area contributed by atoms with Crippen LogP contribution >= 0.6 is 22.9 Å². The molecule has 0 bridgehead atoms. The molecule has 4 heterocycles. The van der Waals surface area contributed by atoms with Crippen molar-refractivity contribution >= 4 is 52.4 Å². The molecule has 5 N–H and O–H groups in total. The van der Waals surface area contributed by atoms with Gasteiger partial charge >= 0.3 is 0 Å². The van der Waals surface area contributed by atoms with Gasteiger partial charge in [0.1, 0.15) is 42.4 Å². The van der Waals surface area contributed by atoms with Gasteiger partial charge in [-0.25, -0.2) is 9.97 Å². The smallest absolute Gasteiger partial charge is 0.253 e. The van der Waals surface area contributed by atoms with E-state index in [1.807, 2.05) is 98.2 Å². The summed E-state index contributed by atoms with van der Waals surface area (Å²) >= 11 is 7.82.